The Labute approximate surface area is 121 Å². The summed E-state index contributed by atoms with van der Waals surface area (Å²) in [4.78, 5) is 27.2. The highest BCUT2D eigenvalue weighted by Crippen LogP contribution is 2.28. The fourth-order valence-electron chi connectivity index (χ4n) is 1.68. The lowest BCUT2D eigenvalue weighted by Gasteiger charge is -2.20. The topological polar surface area (TPSA) is 82.5 Å². The predicted molar refractivity (Wildman–Crippen MR) is 68.8 cm³/mol. The summed E-state index contributed by atoms with van der Waals surface area (Å²) < 4.78 is 37.0. The number of anilines is 1. The Morgan fingerprint density at radius 2 is 2.14 bits per heavy atom. The highest BCUT2D eigenvalue weighted by molar-refractivity contribution is 7.99. The van der Waals surface area contributed by atoms with Crippen molar-refractivity contribution < 1.29 is 27.9 Å². The van der Waals surface area contributed by atoms with Gasteiger partial charge in [0, 0.05) is 5.75 Å². The maximum atomic E-state index is 12.3. The van der Waals surface area contributed by atoms with Gasteiger partial charge in [0.05, 0.1) is 17.8 Å². The smallest absolute Gasteiger partial charge is 0.433 e. The van der Waals surface area contributed by atoms with Crippen molar-refractivity contribution in [1.82, 2.24) is 9.88 Å². The summed E-state index contributed by atoms with van der Waals surface area (Å²) in [5.74, 6) is -0.647. The molecule has 1 atom stereocenters. The lowest BCUT2D eigenvalue weighted by atomic mass is 10.3. The molecule has 1 unspecified atom stereocenters. The number of alkyl halides is 3. The number of hydrogen-bond donors (Lipinski definition) is 2. The number of carboxylic acids is 1. The second-order valence-electron chi connectivity index (χ2n) is 4.18. The summed E-state index contributed by atoms with van der Waals surface area (Å²) in [6.07, 6.45) is -3.68. The zero-order valence-corrected chi connectivity index (χ0v) is 11.2. The number of nitrogens with zero attached hydrogens (tertiary/aromatic N) is 2. The average molecular weight is 321 g/mol. The third kappa shape index (κ3) is 3.57. The molecule has 2 amide bonds. The fourth-order valence-corrected chi connectivity index (χ4v) is 2.82. The van der Waals surface area contributed by atoms with Crippen LogP contribution in [0.25, 0.3) is 0 Å². The molecule has 2 rings (SSSR count). The molecule has 2 N–H and O–H groups in total. The van der Waals surface area contributed by atoms with Gasteiger partial charge in [0.25, 0.3) is 0 Å². The zero-order chi connectivity index (χ0) is 15.6. The molecule has 114 valence electrons. The van der Waals surface area contributed by atoms with E-state index in [-0.39, 0.29) is 17.3 Å². The first-order valence-corrected chi connectivity index (χ1v) is 6.86. The lowest BCUT2D eigenvalue weighted by Crippen LogP contribution is -2.43. The summed E-state index contributed by atoms with van der Waals surface area (Å²) >= 11 is 1.28. The van der Waals surface area contributed by atoms with Crippen LogP contribution in [0, 0.1) is 0 Å². The molecule has 1 saturated heterocycles. The molecule has 1 aromatic rings. The minimum absolute atomic E-state index is 0.0639. The van der Waals surface area contributed by atoms with Crippen LogP contribution in [0.3, 0.4) is 0 Å². The minimum atomic E-state index is -4.55. The number of amides is 2. The van der Waals surface area contributed by atoms with Gasteiger partial charge < -0.3 is 15.3 Å². The molecular formula is C11H10F3N3O3S. The molecule has 1 aromatic heterocycles. The first-order chi connectivity index (χ1) is 9.79. The molecule has 1 aliphatic rings. The molecule has 1 aliphatic heterocycles. The van der Waals surface area contributed by atoms with Crippen LogP contribution in [-0.4, -0.2) is 44.7 Å². The summed E-state index contributed by atoms with van der Waals surface area (Å²) in [5.41, 5.74) is -1.00. The van der Waals surface area contributed by atoms with Gasteiger partial charge in [-0.25, -0.2) is 14.6 Å². The van der Waals surface area contributed by atoms with Crippen LogP contribution >= 0.6 is 11.8 Å². The fraction of sp³-hybridized carbons (Fsp3) is 0.364. The number of thioether (sulfide) groups is 1. The van der Waals surface area contributed by atoms with Gasteiger partial charge in [0.1, 0.15) is 11.7 Å². The van der Waals surface area contributed by atoms with Crippen molar-refractivity contribution in [3.8, 4) is 0 Å². The molecule has 10 heteroatoms. The lowest BCUT2D eigenvalue weighted by molar-refractivity contribution is -0.141. The Hall–Kier alpha value is -1.97. The van der Waals surface area contributed by atoms with Crippen molar-refractivity contribution >= 4 is 29.4 Å². The molecule has 0 spiro atoms. The van der Waals surface area contributed by atoms with Gasteiger partial charge in [-0.3, -0.25) is 0 Å². The molecule has 1 fully saturated rings. The Balaban J connectivity index is 2.04. The molecule has 2 heterocycles. The van der Waals surface area contributed by atoms with Crippen LogP contribution in [0.4, 0.5) is 23.7 Å². The molecule has 0 saturated carbocycles. The second kappa shape index (κ2) is 5.80. The van der Waals surface area contributed by atoms with E-state index in [1.807, 2.05) is 0 Å². The van der Waals surface area contributed by atoms with E-state index in [9.17, 15) is 22.8 Å². The number of aromatic nitrogens is 1. The van der Waals surface area contributed by atoms with Gasteiger partial charge in [-0.1, -0.05) is 0 Å². The van der Waals surface area contributed by atoms with Gasteiger partial charge in [0.15, 0.2) is 0 Å². The van der Waals surface area contributed by atoms with Gasteiger partial charge in [-0.15, -0.1) is 11.8 Å². The maximum absolute atomic E-state index is 12.3. The van der Waals surface area contributed by atoms with E-state index < -0.39 is 29.9 Å². The molecular weight excluding hydrogens is 311 g/mol. The molecule has 21 heavy (non-hydrogen) atoms. The van der Waals surface area contributed by atoms with E-state index in [1.54, 1.807) is 0 Å². The largest absolute Gasteiger partial charge is 0.480 e. The number of carbonyl (C=O) groups is 2. The van der Waals surface area contributed by atoms with E-state index in [1.165, 1.54) is 11.8 Å². The highest BCUT2D eigenvalue weighted by atomic mass is 32.2. The summed E-state index contributed by atoms with van der Waals surface area (Å²) in [6.45, 7) is 0. The molecule has 0 aliphatic carbocycles. The molecule has 6 nitrogen and oxygen atoms in total. The van der Waals surface area contributed by atoms with Crippen LogP contribution in [0.1, 0.15) is 5.69 Å². The number of pyridine rings is 1. The second-order valence-corrected chi connectivity index (χ2v) is 5.18. The number of urea groups is 1. The average Bonchev–Trinajstić information content (AvgIpc) is 2.87. The van der Waals surface area contributed by atoms with Crippen molar-refractivity contribution in [2.45, 2.75) is 12.2 Å². The Kier molecular flexibility index (Phi) is 4.26. The van der Waals surface area contributed by atoms with Crippen molar-refractivity contribution in [1.29, 1.82) is 0 Å². The Bertz CT molecular complexity index is 550. The van der Waals surface area contributed by atoms with Crippen LogP contribution in [0.2, 0.25) is 0 Å². The van der Waals surface area contributed by atoms with Crippen LogP contribution in [-0.2, 0) is 11.0 Å². The van der Waals surface area contributed by atoms with Crippen molar-refractivity contribution in [2.75, 3.05) is 16.9 Å². The maximum Gasteiger partial charge on any atom is 0.433 e. The monoisotopic (exact) mass is 321 g/mol. The van der Waals surface area contributed by atoms with E-state index in [0.29, 0.717) is 0 Å². The number of nitrogens with one attached hydrogen (secondary N) is 1. The van der Waals surface area contributed by atoms with E-state index >= 15 is 0 Å². The minimum Gasteiger partial charge on any atom is -0.480 e. The number of halogens is 3. The number of carbonyl (C=O) groups excluding carboxylic acids is 1. The first kappa shape index (κ1) is 15.4. The van der Waals surface area contributed by atoms with Gasteiger partial charge in [0.2, 0.25) is 0 Å². The molecule has 0 aromatic carbocycles. The first-order valence-electron chi connectivity index (χ1n) is 5.70. The third-order valence-corrected chi connectivity index (χ3v) is 3.75. The molecule has 0 radical (unpaired) electrons. The van der Waals surface area contributed by atoms with Gasteiger partial charge in [-0.2, -0.15) is 13.2 Å². The Morgan fingerprint density at radius 3 is 2.67 bits per heavy atom. The number of aliphatic carboxylic acids is 1. The Morgan fingerprint density at radius 1 is 1.43 bits per heavy atom. The predicted octanol–water partition coefficient (Wildman–Crippen LogP) is 2.09. The standard InChI is InChI=1S/C11H10F3N3O3S/c12-11(13,14)8-2-1-6(3-15-8)16-10(20)17-5-21-4-7(17)9(18)19/h1-3,7H,4-5H2,(H,16,20)(H,18,19). The summed E-state index contributed by atoms with van der Waals surface area (Å²) in [7, 11) is 0. The highest BCUT2D eigenvalue weighted by Gasteiger charge is 2.35. The number of hydrogen-bond acceptors (Lipinski definition) is 4. The van der Waals surface area contributed by atoms with Gasteiger partial charge in [-0.05, 0) is 12.1 Å². The van der Waals surface area contributed by atoms with Crippen LogP contribution < -0.4 is 5.32 Å². The zero-order valence-electron chi connectivity index (χ0n) is 10.4. The van der Waals surface area contributed by atoms with Gasteiger partial charge >= 0.3 is 18.2 Å². The van der Waals surface area contributed by atoms with E-state index in [4.69, 9.17) is 5.11 Å². The van der Waals surface area contributed by atoms with Crippen molar-refractivity contribution in [3.05, 3.63) is 24.0 Å². The quantitative estimate of drug-likeness (QED) is 0.871. The third-order valence-electron chi connectivity index (χ3n) is 2.73. The van der Waals surface area contributed by atoms with E-state index in [0.717, 1.165) is 23.2 Å². The van der Waals surface area contributed by atoms with E-state index in [2.05, 4.69) is 10.3 Å². The van der Waals surface area contributed by atoms with Crippen molar-refractivity contribution in [3.63, 3.8) is 0 Å². The summed E-state index contributed by atoms with van der Waals surface area (Å²) in [6, 6.07) is 0.168. The van der Waals surface area contributed by atoms with Crippen LogP contribution in [0.15, 0.2) is 18.3 Å². The number of carboxylic acid groups (broad SMARTS) is 1. The van der Waals surface area contributed by atoms with Crippen molar-refractivity contribution in [2.24, 2.45) is 0 Å². The number of rotatable bonds is 2. The SMILES string of the molecule is O=C(O)C1CSCN1C(=O)Nc1ccc(C(F)(F)F)nc1. The molecule has 0 bridgehead atoms. The summed E-state index contributed by atoms with van der Waals surface area (Å²) in [5, 5.41) is 11.3. The normalized spacial score (nSPS) is 18.6. The van der Waals surface area contributed by atoms with Crippen LogP contribution in [0.5, 0.6) is 0 Å².